The van der Waals surface area contributed by atoms with E-state index in [1.54, 1.807) is 0 Å². The number of nitrogens with zero attached hydrogens (tertiary/aromatic N) is 1. The van der Waals surface area contributed by atoms with Crippen LogP contribution in [0.5, 0.6) is 0 Å². The second-order valence-electron chi connectivity index (χ2n) is 5.58. The Morgan fingerprint density at radius 1 is 0.476 bits per heavy atom. The van der Waals surface area contributed by atoms with Crippen LogP contribution >= 0.6 is 0 Å². The maximum Gasteiger partial charge on any atom is 0.0468 e. The summed E-state index contributed by atoms with van der Waals surface area (Å²) >= 11 is 0. The molecule has 0 fully saturated rings. The van der Waals surface area contributed by atoms with Gasteiger partial charge in [-0.15, -0.1) is 0 Å². The molecule has 5 rings (SSSR count). The molecule has 0 spiro atoms. The topological polar surface area (TPSA) is 4.93 Å². The summed E-state index contributed by atoms with van der Waals surface area (Å²) in [6.45, 7) is 0. The lowest BCUT2D eigenvalue weighted by Crippen LogP contribution is -1.90. The Morgan fingerprint density at radius 3 is 1.71 bits per heavy atom. The Kier molecular flexibility index (Phi) is 2.01. The van der Waals surface area contributed by atoms with Gasteiger partial charge in [-0.25, -0.2) is 0 Å². The Balaban J connectivity index is 1.82. The van der Waals surface area contributed by atoms with Crippen LogP contribution < -0.4 is 0 Å². The van der Waals surface area contributed by atoms with Gasteiger partial charge in [0, 0.05) is 16.7 Å². The van der Waals surface area contributed by atoms with Gasteiger partial charge < -0.3 is 4.57 Å². The summed E-state index contributed by atoms with van der Waals surface area (Å²) < 4.78 is 2.30. The van der Waals surface area contributed by atoms with Crippen molar-refractivity contribution in [1.82, 2.24) is 4.57 Å². The summed E-state index contributed by atoms with van der Waals surface area (Å²) in [5.74, 6) is 0. The smallest absolute Gasteiger partial charge is 0.0468 e. The van der Waals surface area contributed by atoms with Crippen molar-refractivity contribution < 1.29 is 0 Å². The van der Waals surface area contributed by atoms with Crippen LogP contribution in [0.15, 0.2) is 78.9 Å². The van der Waals surface area contributed by atoms with Crippen molar-refractivity contribution in [3.8, 4) is 5.69 Å². The molecule has 21 heavy (non-hydrogen) atoms. The molecule has 98 valence electrons. The minimum Gasteiger partial charge on any atom is -0.310 e. The molecule has 0 aliphatic carbocycles. The van der Waals surface area contributed by atoms with Crippen molar-refractivity contribution in [3.05, 3.63) is 78.9 Å². The van der Waals surface area contributed by atoms with Crippen LogP contribution in [-0.4, -0.2) is 4.57 Å². The maximum atomic E-state index is 2.30. The van der Waals surface area contributed by atoms with Crippen molar-refractivity contribution in [2.24, 2.45) is 0 Å². The second-order valence-corrected chi connectivity index (χ2v) is 5.58. The van der Waals surface area contributed by atoms with E-state index in [4.69, 9.17) is 0 Å². The number of aromatic nitrogens is 1. The van der Waals surface area contributed by atoms with Crippen LogP contribution in [0.1, 0.15) is 0 Å². The highest BCUT2D eigenvalue weighted by molar-refractivity contribution is 5.99. The Bertz CT molecular complexity index is 1040. The quantitative estimate of drug-likeness (QED) is 0.360. The molecular weight excluding hydrogens is 254 g/mol. The fourth-order valence-electron chi connectivity index (χ4n) is 3.26. The van der Waals surface area contributed by atoms with Gasteiger partial charge in [-0.3, -0.25) is 0 Å². The largest absolute Gasteiger partial charge is 0.310 e. The van der Waals surface area contributed by atoms with Crippen LogP contribution in [0.2, 0.25) is 0 Å². The van der Waals surface area contributed by atoms with Gasteiger partial charge in [-0.2, -0.15) is 0 Å². The zero-order valence-corrected chi connectivity index (χ0v) is 11.5. The average Bonchev–Trinajstić information content (AvgIpc) is 3.12. The molecule has 5 aromatic rings. The third-order valence-corrected chi connectivity index (χ3v) is 4.31. The minimum absolute atomic E-state index is 1.23. The van der Waals surface area contributed by atoms with E-state index >= 15 is 0 Å². The highest BCUT2D eigenvalue weighted by atomic mass is 15.0. The number of benzene rings is 4. The Morgan fingerprint density at radius 2 is 1.05 bits per heavy atom. The van der Waals surface area contributed by atoms with E-state index in [1.165, 1.54) is 38.3 Å². The summed E-state index contributed by atoms with van der Waals surface area (Å²) in [5.41, 5.74) is 3.74. The summed E-state index contributed by atoms with van der Waals surface area (Å²) in [6, 6.07) is 28.4. The minimum atomic E-state index is 1.23. The van der Waals surface area contributed by atoms with E-state index in [9.17, 15) is 0 Å². The molecule has 0 atom stereocenters. The molecule has 1 heteroatoms. The molecule has 0 aliphatic rings. The van der Waals surface area contributed by atoms with Gasteiger partial charge in [0.1, 0.15) is 0 Å². The molecular formula is C20H13N. The van der Waals surface area contributed by atoms with Gasteiger partial charge in [0.2, 0.25) is 0 Å². The number of fused-ring (bicyclic) bond motifs is 4. The first kappa shape index (κ1) is 10.9. The first-order chi connectivity index (χ1) is 10.4. The summed E-state index contributed by atoms with van der Waals surface area (Å²) in [7, 11) is 0. The molecule has 2 aromatic heterocycles. The third kappa shape index (κ3) is 1.52. The summed E-state index contributed by atoms with van der Waals surface area (Å²) in [6.07, 6.45) is 0. The van der Waals surface area contributed by atoms with Gasteiger partial charge in [0.15, 0.2) is 0 Å². The predicted octanol–water partition coefficient (Wildman–Crippen LogP) is 5.37. The molecule has 0 radical (unpaired) electrons. The lowest BCUT2D eigenvalue weighted by Gasteiger charge is -2.08. The van der Waals surface area contributed by atoms with E-state index < -0.39 is 0 Å². The predicted molar refractivity (Wildman–Crippen MR) is 89.5 cm³/mol. The molecule has 3 aromatic carbocycles. The monoisotopic (exact) mass is 267 g/mol. The normalized spacial score (nSPS) is 11.8. The number of hydrogen-bond donors (Lipinski definition) is 0. The second kappa shape index (κ2) is 3.86. The van der Waals surface area contributed by atoms with Crippen molar-refractivity contribution in [1.29, 1.82) is 0 Å². The first-order valence-electron chi connectivity index (χ1n) is 7.21. The Labute approximate surface area is 122 Å². The van der Waals surface area contributed by atoms with Crippen molar-refractivity contribution >= 4 is 32.6 Å². The van der Waals surface area contributed by atoms with Crippen molar-refractivity contribution in [2.45, 2.75) is 0 Å². The molecule has 2 bridgehead atoms. The zero-order chi connectivity index (χ0) is 13.8. The highest BCUT2D eigenvalue weighted by Gasteiger charge is 2.07. The molecule has 0 aliphatic heterocycles. The first-order valence-corrected chi connectivity index (χ1v) is 7.21. The molecule has 0 saturated heterocycles. The number of hydrogen-bond acceptors (Lipinski definition) is 0. The van der Waals surface area contributed by atoms with Gasteiger partial charge in [-0.1, -0.05) is 30.3 Å². The van der Waals surface area contributed by atoms with Crippen LogP contribution in [0.3, 0.4) is 0 Å². The maximum absolute atomic E-state index is 2.30. The van der Waals surface area contributed by atoms with Gasteiger partial charge in [0.05, 0.1) is 0 Å². The SMILES string of the molecule is c1ccc2cc3cc(-n4c5ccc4cc5)ccc3cc2c1. The average molecular weight is 267 g/mol. The van der Waals surface area contributed by atoms with Gasteiger partial charge >= 0.3 is 0 Å². The van der Waals surface area contributed by atoms with E-state index in [1.807, 2.05) is 0 Å². The van der Waals surface area contributed by atoms with Crippen molar-refractivity contribution in [2.75, 3.05) is 0 Å². The third-order valence-electron chi connectivity index (χ3n) is 4.31. The fourth-order valence-corrected chi connectivity index (χ4v) is 3.26. The van der Waals surface area contributed by atoms with Gasteiger partial charge in [0.25, 0.3) is 0 Å². The lowest BCUT2D eigenvalue weighted by molar-refractivity contribution is 1.20. The summed E-state index contributed by atoms with van der Waals surface area (Å²) in [4.78, 5) is 0. The fraction of sp³-hybridized carbons (Fsp3) is 0. The molecule has 0 amide bonds. The number of rotatable bonds is 1. The lowest BCUT2D eigenvalue weighted by atomic mass is 10.0. The van der Waals surface area contributed by atoms with Crippen LogP contribution in [0, 0.1) is 0 Å². The summed E-state index contributed by atoms with van der Waals surface area (Å²) in [5, 5.41) is 5.17. The Hall–Kier alpha value is -2.80. The highest BCUT2D eigenvalue weighted by Crippen LogP contribution is 2.28. The van der Waals surface area contributed by atoms with E-state index in [-0.39, 0.29) is 0 Å². The van der Waals surface area contributed by atoms with Crippen LogP contribution in [0.4, 0.5) is 0 Å². The molecule has 1 nitrogen and oxygen atoms in total. The van der Waals surface area contributed by atoms with E-state index in [0.717, 1.165) is 0 Å². The molecule has 0 N–H and O–H groups in total. The van der Waals surface area contributed by atoms with Crippen molar-refractivity contribution in [3.63, 3.8) is 0 Å². The van der Waals surface area contributed by atoms with E-state index in [2.05, 4.69) is 83.4 Å². The van der Waals surface area contributed by atoms with Crippen LogP contribution in [0.25, 0.3) is 38.3 Å². The van der Waals surface area contributed by atoms with Gasteiger partial charge in [-0.05, 0) is 70.1 Å². The standard InChI is InChI=1S/C20H13N/c1-2-4-15-12-17-13-20(6-5-16(17)11-14(15)3-1)21-18-7-8-19(21)10-9-18/h1-13H. The van der Waals surface area contributed by atoms with Crippen LogP contribution in [-0.2, 0) is 0 Å². The zero-order valence-electron chi connectivity index (χ0n) is 11.5. The molecule has 0 saturated carbocycles. The molecule has 0 unspecified atom stereocenters. The molecule has 2 heterocycles. The van der Waals surface area contributed by atoms with E-state index in [0.29, 0.717) is 0 Å².